The number of hydrogen-bond donors (Lipinski definition) is 1. The van der Waals surface area contributed by atoms with E-state index in [0.717, 1.165) is 6.07 Å². The molecule has 0 fully saturated rings. The van der Waals surface area contributed by atoms with Crippen LogP contribution in [0.2, 0.25) is 0 Å². The SMILES string of the molecule is O=C(NCC#Cc1ccccc1C(F)(F)F)c1cncc(Br)c1. The maximum absolute atomic E-state index is 12.8. The van der Waals surface area contributed by atoms with Crippen molar-refractivity contribution in [3.63, 3.8) is 0 Å². The molecule has 7 heteroatoms. The second-order valence-electron chi connectivity index (χ2n) is 4.42. The maximum atomic E-state index is 12.8. The highest BCUT2D eigenvalue weighted by atomic mass is 79.9. The Morgan fingerprint density at radius 2 is 2.00 bits per heavy atom. The molecule has 2 rings (SSSR count). The van der Waals surface area contributed by atoms with E-state index in [9.17, 15) is 18.0 Å². The number of nitrogens with zero attached hydrogens (tertiary/aromatic N) is 1. The van der Waals surface area contributed by atoms with Crippen LogP contribution in [0, 0.1) is 11.8 Å². The van der Waals surface area contributed by atoms with E-state index in [1.807, 2.05) is 0 Å². The van der Waals surface area contributed by atoms with Crippen LogP contribution in [0.4, 0.5) is 13.2 Å². The number of carbonyl (C=O) groups excluding carboxylic acids is 1. The molecule has 3 nitrogen and oxygen atoms in total. The summed E-state index contributed by atoms with van der Waals surface area (Å²) in [6, 6.07) is 6.61. The Morgan fingerprint density at radius 1 is 1.26 bits per heavy atom. The largest absolute Gasteiger partial charge is 0.417 e. The first-order chi connectivity index (χ1) is 10.9. The van der Waals surface area contributed by atoms with Gasteiger partial charge in [-0.05, 0) is 34.1 Å². The zero-order chi connectivity index (χ0) is 16.9. The van der Waals surface area contributed by atoms with Crippen molar-refractivity contribution in [3.05, 3.63) is 63.9 Å². The number of amides is 1. The topological polar surface area (TPSA) is 42.0 Å². The van der Waals surface area contributed by atoms with Gasteiger partial charge in [0.25, 0.3) is 5.91 Å². The van der Waals surface area contributed by atoms with Crippen LogP contribution in [0.1, 0.15) is 21.5 Å². The number of benzene rings is 1. The number of hydrogen-bond acceptors (Lipinski definition) is 2. The van der Waals surface area contributed by atoms with Crippen molar-refractivity contribution in [1.82, 2.24) is 10.3 Å². The molecule has 0 unspecified atom stereocenters. The average molecular weight is 383 g/mol. The molecule has 1 aromatic heterocycles. The molecule has 0 atom stereocenters. The molecule has 0 bridgehead atoms. The smallest absolute Gasteiger partial charge is 0.341 e. The minimum absolute atomic E-state index is 0.0719. The Bertz CT molecular complexity index is 779. The minimum atomic E-state index is -4.46. The number of pyridine rings is 1. The van der Waals surface area contributed by atoms with Crippen LogP contribution >= 0.6 is 15.9 Å². The summed E-state index contributed by atoms with van der Waals surface area (Å²) in [5.74, 6) is 4.54. The molecule has 0 spiro atoms. The molecular formula is C16H10BrF3N2O. The lowest BCUT2D eigenvalue weighted by molar-refractivity contribution is -0.137. The Morgan fingerprint density at radius 3 is 2.70 bits per heavy atom. The van der Waals surface area contributed by atoms with Crippen molar-refractivity contribution >= 4 is 21.8 Å². The highest BCUT2D eigenvalue weighted by molar-refractivity contribution is 9.10. The third-order valence-electron chi connectivity index (χ3n) is 2.76. The van der Waals surface area contributed by atoms with E-state index in [1.54, 1.807) is 6.07 Å². The first kappa shape index (κ1) is 17.0. The van der Waals surface area contributed by atoms with E-state index in [-0.39, 0.29) is 12.1 Å². The van der Waals surface area contributed by atoms with E-state index in [1.165, 1.54) is 30.6 Å². The highest BCUT2D eigenvalue weighted by Gasteiger charge is 2.32. The van der Waals surface area contributed by atoms with Crippen molar-refractivity contribution < 1.29 is 18.0 Å². The van der Waals surface area contributed by atoms with Gasteiger partial charge in [-0.25, -0.2) is 0 Å². The summed E-state index contributed by atoms with van der Waals surface area (Å²) in [6.07, 6.45) is -1.55. The fraction of sp³-hybridized carbons (Fsp3) is 0.125. The summed E-state index contributed by atoms with van der Waals surface area (Å²) in [6.45, 7) is -0.0719. The van der Waals surface area contributed by atoms with Gasteiger partial charge in [-0.3, -0.25) is 9.78 Å². The normalized spacial score (nSPS) is 10.6. The number of rotatable bonds is 2. The van der Waals surface area contributed by atoms with Crippen LogP contribution in [-0.4, -0.2) is 17.4 Å². The summed E-state index contributed by atoms with van der Waals surface area (Å²) >= 11 is 3.19. The number of carbonyl (C=O) groups is 1. The first-order valence-electron chi connectivity index (χ1n) is 6.42. The van der Waals surface area contributed by atoms with Crippen LogP contribution < -0.4 is 5.32 Å². The van der Waals surface area contributed by atoms with Gasteiger partial charge in [0.15, 0.2) is 0 Å². The number of halogens is 4. The predicted molar refractivity (Wildman–Crippen MR) is 82.6 cm³/mol. The van der Waals surface area contributed by atoms with Gasteiger partial charge in [0.1, 0.15) is 0 Å². The lowest BCUT2D eigenvalue weighted by Crippen LogP contribution is -2.23. The molecule has 1 N–H and O–H groups in total. The van der Waals surface area contributed by atoms with Gasteiger partial charge < -0.3 is 5.32 Å². The molecule has 1 heterocycles. The van der Waals surface area contributed by atoms with Gasteiger partial charge in [0.05, 0.1) is 17.7 Å². The van der Waals surface area contributed by atoms with E-state index in [2.05, 4.69) is 38.1 Å². The summed E-state index contributed by atoms with van der Waals surface area (Å²) in [4.78, 5) is 15.7. The van der Waals surface area contributed by atoms with Crippen molar-refractivity contribution in [1.29, 1.82) is 0 Å². The number of aromatic nitrogens is 1. The van der Waals surface area contributed by atoms with Gasteiger partial charge in [-0.15, -0.1) is 0 Å². The van der Waals surface area contributed by atoms with Gasteiger partial charge in [0, 0.05) is 22.4 Å². The summed E-state index contributed by atoms with van der Waals surface area (Å²) in [7, 11) is 0. The fourth-order valence-corrected chi connectivity index (χ4v) is 2.11. The lowest BCUT2D eigenvalue weighted by Gasteiger charge is -2.08. The standard InChI is InChI=1S/C16H10BrF3N2O/c17-13-8-12(9-21-10-13)15(23)22-7-3-5-11-4-1-2-6-14(11)16(18,19)20/h1-2,4,6,8-10H,7H2,(H,22,23). The molecule has 0 aliphatic heterocycles. The molecule has 2 aromatic rings. The molecular weight excluding hydrogens is 373 g/mol. The molecule has 118 valence electrons. The van der Waals surface area contributed by atoms with Gasteiger partial charge in [0.2, 0.25) is 0 Å². The Hall–Kier alpha value is -2.33. The Labute approximate surface area is 139 Å². The monoisotopic (exact) mass is 382 g/mol. The van der Waals surface area contributed by atoms with Gasteiger partial charge >= 0.3 is 6.18 Å². The van der Waals surface area contributed by atoms with E-state index in [4.69, 9.17) is 0 Å². The predicted octanol–water partition coefficient (Wildman–Crippen LogP) is 3.64. The van der Waals surface area contributed by atoms with Crippen molar-refractivity contribution in [2.24, 2.45) is 0 Å². The molecule has 1 amide bonds. The fourth-order valence-electron chi connectivity index (χ4n) is 1.74. The third kappa shape index (κ3) is 4.83. The third-order valence-corrected chi connectivity index (χ3v) is 3.19. The molecule has 0 saturated carbocycles. The van der Waals surface area contributed by atoms with Crippen LogP contribution in [-0.2, 0) is 6.18 Å². The second kappa shape index (κ2) is 7.29. The van der Waals surface area contributed by atoms with Crippen LogP contribution in [0.5, 0.6) is 0 Å². The quantitative estimate of drug-likeness (QED) is 0.805. The van der Waals surface area contributed by atoms with Crippen LogP contribution in [0.15, 0.2) is 47.2 Å². The molecule has 0 saturated heterocycles. The first-order valence-corrected chi connectivity index (χ1v) is 7.21. The van der Waals surface area contributed by atoms with Gasteiger partial charge in [-0.1, -0.05) is 24.0 Å². The Kier molecular flexibility index (Phi) is 5.40. The molecule has 0 aliphatic carbocycles. The summed E-state index contributed by atoms with van der Waals surface area (Å²) in [5.41, 5.74) is -0.592. The molecule has 23 heavy (non-hydrogen) atoms. The zero-order valence-corrected chi connectivity index (χ0v) is 13.2. The van der Waals surface area contributed by atoms with Crippen molar-refractivity contribution in [3.8, 4) is 11.8 Å². The van der Waals surface area contributed by atoms with Crippen molar-refractivity contribution in [2.75, 3.05) is 6.54 Å². The molecule has 1 aromatic carbocycles. The number of nitrogens with one attached hydrogen (secondary N) is 1. The lowest BCUT2D eigenvalue weighted by atomic mass is 10.1. The maximum Gasteiger partial charge on any atom is 0.417 e. The van der Waals surface area contributed by atoms with E-state index < -0.39 is 17.6 Å². The Balaban J connectivity index is 2.03. The molecule has 0 radical (unpaired) electrons. The average Bonchev–Trinajstić information content (AvgIpc) is 2.51. The highest BCUT2D eigenvalue weighted by Crippen LogP contribution is 2.31. The zero-order valence-electron chi connectivity index (χ0n) is 11.6. The minimum Gasteiger partial charge on any atom is -0.341 e. The summed E-state index contributed by atoms with van der Waals surface area (Å²) < 4.78 is 39.0. The van der Waals surface area contributed by atoms with E-state index in [0.29, 0.717) is 10.0 Å². The summed E-state index contributed by atoms with van der Waals surface area (Å²) in [5, 5.41) is 2.50. The van der Waals surface area contributed by atoms with Gasteiger partial charge in [-0.2, -0.15) is 13.2 Å². The molecule has 0 aliphatic rings. The van der Waals surface area contributed by atoms with Crippen LogP contribution in [0.3, 0.4) is 0 Å². The number of alkyl halides is 3. The van der Waals surface area contributed by atoms with Crippen molar-refractivity contribution in [2.45, 2.75) is 6.18 Å². The second-order valence-corrected chi connectivity index (χ2v) is 5.34. The van der Waals surface area contributed by atoms with Crippen LogP contribution in [0.25, 0.3) is 0 Å². The van der Waals surface area contributed by atoms with E-state index >= 15 is 0 Å².